The number of likely N-dealkylation sites (tertiary alicyclic amines) is 1. The average Bonchev–Trinajstić information content (AvgIpc) is 2.55. The van der Waals surface area contributed by atoms with Crippen molar-refractivity contribution in [3.8, 4) is 0 Å². The number of benzene rings is 2. The predicted octanol–water partition coefficient (Wildman–Crippen LogP) is 4.19. The van der Waals surface area contributed by atoms with Gasteiger partial charge in [-0.05, 0) is 17.5 Å². The molecule has 1 saturated heterocycles. The van der Waals surface area contributed by atoms with Crippen molar-refractivity contribution in [2.75, 3.05) is 0 Å². The maximum absolute atomic E-state index is 12.5. The summed E-state index contributed by atoms with van der Waals surface area (Å²) in [6, 6.07) is 20.9. The molecule has 3 rings (SSSR count). The van der Waals surface area contributed by atoms with Crippen LogP contribution < -0.4 is 0 Å². The van der Waals surface area contributed by atoms with Crippen LogP contribution in [-0.4, -0.2) is 10.8 Å². The van der Waals surface area contributed by atoms with Gasteiger partial charge in [0.25, 0.3) is 0 Å². The summed E-state index contributed by atoms with van der Waals surface area (Å²) in [5.41, 5.74) is 2.45. The number of β-lactam (4-membered cyclic amide) rings is 1. The van der Waals surface area contributed by atoms with Crippen LogP contribution in [0, 0.1) is 5.92 Å². The number of hydrogen-bond acceptors (Lipinski definition) is 1. The lowest BCUT2D eigenvalue weighted by molar-refractivity contribution is -0.158. The third-order valence-electron chi connectivity index (χ3n) is 4.25. The summed E-state index contributed by atoms with van der Waals surface area (Å²) in [5, 5.41) is 0. The molecule has 0 saturated carbocycles. The Morgan fingerprint density at radius 1 is 0.952 bits per heavy atom. The van der Waals surface area contributed by atoms with Crippen molar-refractivity contribution in [2.24, 2.45) is 5.92 Å². The van der Waals surface area contributed by atoms with Gasteiger partial charge in [-0.3, -0.25) is 4.79 Å². The summed E-state index contributed by atoms with van der Waals surface area (Å²) in [6.45, 7) is 2.86. The van der Waals surface area contributed by atoms with Crippen LogP contribution in [0.1, 0.15) is 36.9 Å². The van der Waals surface area contributed by atoms with Crippen molar-refractivity contribution in [1.29, 1.82) is 0 Å². The van der Waals surface area contributed by atoms with Gasteiger partial charge >= 0.3 is 0 Å². The largest absolute Gasteiger partial charge is 0.330 e. The van der Waals surface area contributed by atoms with Crippen molar-refractivity contribution in [3.63, 3.8) is 0 Å². The summed E-state index contributed by atoms with van der Waals surface area (Å²) < 4.78 is 0. The highest BCUT2D eigenvalue weighted by molar-refractivity contribution is 5.86. The summed E-state index contributed by atoms with van der Waals surface area (Å²) in [5.74, 6) is 0.454. The van der Waals surface area contributed by atoms with E-state index in [9.17, 15) is 4.79 Å². The molecule has 0 unspecified atom stereocenters. The lowest BCUT2D eigenvalue weighted by Gasteiger charge is -2.48. The number of nitrogens with zero attached hydrogens (tertiary/aromatic N) is 1. The zero-order valence-electron chi connectivity index (χ0n) is 12.4. The molecule has 1 amide bonds. The van der Waals surface area contributed by atoms with Crippen LogP contribution in [0.2, 0.25) is 0 Å². The first-order chi connectivity index (χ1) is 10.3. The number of carbonyl (C=O) groups excluding carboxylic acids is 1. The third kappa shape index (κ3) is 2.71. The molecule has 0 aliphatic carbocycles. The van der Waals surface area contributed by atoms with E-state index >= 15 is 0 Å². The van der Waals surface area contributed by atoms with Gasteiger partial charge in [-0.15, -0.1) is 0 Å². The fraction of sp³-hybridized carbons (Fsp3) is 0.316. The molecule has 2 heteroatoms. The molecule has 2 aromatic carbocycles. The molecule has 1 aliphatic heterocycles. The Labute approximate surface area is 126 Å². The molecule has 2 nitrogen and oxygen atoms in total. The van der Waals surface area contributed by atoms with Crippen LogP contribution in [-0.2, 0) is 11.3 Å². The number of hydrogen-bond donors (Lipinski definition) is 0. The van der Waals surface area contributed by atoms with Gasteiger partial charge in [0.05, 0.1) is 12.0 Å². The van der Waals surface area contributed by atoms with E-state index < -0.39 is 0 Å². The molecule has 1 fully saturated rings. The second-order valence-electron chi connectivity index (χ2n) is 5.70. The zero-order chi connectivity index (χ0) is 14.7. The first kappa shape index (κ1) is 13.9. The van der Waals surface area contributed by atoms with E-state index in [1.165, 1.54) is 11.1 Å². The van der Waals surface area contributed by atoms with Gasteiger partial charge in [0, 0.05) is 6.54 Å². The maximum atomic E-state index is 12.5. The van der Waals surface area contributed by atoms with Gasteiger partial charge in [-0.2, -0.15) is 0 Å². The van der Waals surface area contributed by atoms with Gasteiger partial charge in [-0.1, -0.05) is 74.0 Å². The van der Waals surface area contributed by atoms with E-state index in [4.69, 9.17) is 0 Å². The van der Waals surface area contributed by atoms with Gasteiger partial charge in [0.1, 0.15) is 0 Å². The van der Waals surface area contributed by atoms with E-state index in [-0.39, 0.29) is 12.0 Å². The van der Waals surface area contributed by atoms with Crippen LogP contribution in [0.5, 0.6) is 0 Å². The van der Waals surface area contributed by atoms with E-state index in [2.05, 4.69) is 43.3 Å². The Kier molecular flexibility index (Phi) is 4.05. The first-order valence-corrected chi connectivity index (χ1v) is 7.70. The summed E-state index contributed by atoms with van der Waals surface area (Å²) >= 11 is 0. The van der Waals surface area contributed by atoms with Crippen LogP contribution in [0.15, 0.2) is 60.7 Å². The van der Waals surface area contributed by atoms with Gasteiger partial charge in [0.2, 0.25) is 5.91 Å². The first-order valence-electron chi connectivity index (χ1n) is 7.70. The van der Waals surface area contributed by atoms with Crippen LogP contribution in [0.25, 0.3) is 0 Å². The highest BCUT2D eigenvalue weighted by atomic mass is 16.2. The molecular formula is C19H21NO. The number of rotatable bonds is 5. The molecular weight excluding hydrogens is 258 g/mol. The van der Waals surface area contributed by atoms with Crippen LogP contribution in [0.4, 0.5) is 0 Å². The van der Waals surface area contributed by atoms with Crippen LogP contribution >= 0.6 is 0 Å². The number of carbonyl (C=O) groups is 1. The van der Waals surface area contributed by atoms with Crippen molar-refractivity contribution >= 4 is 5.91 Å². The summed E-state index contributed by atoms with van der Waals surface area (Å²) in [7, 11) is 0. The second kappa shape index (κ2) is 6.13. The molecule has 0 N–H and O–H groups in total. The zero-order valence-corrected chi connectivity index (χ0v) is 12.4. The molecule has 0 spiro atoms. The molecule has 0 radical (unpaired) electrons. The minimum absolute atomic E-state index is 0.154. The van der Waals surface area contributed by atoms with Crippen molar-refractivity contribution in [3.05, 3.63) is 71.8 Å². The van der Waals surface area contributed by atoms with Gasteiger partial charge < -0.3 is 4.90 Å². The van der Waals surface area contributed by atoms with E-state index in [1.54, 1.807) is 0 Å². The highest BCUT2D eigenvalue weighted by Gasteiger charge is 2.46. The normalized spacial score (nSPS) is 21.2. The Morgan fingerprint density at radius 2 is 1.57 bits per heavy atom. The Morgan fingerprint density at radius 3 is 2.19 bits per heavy atom. The molecule has 1 heterocycles. The van der Waals surface area contributed by atoms with Crippen molar-refractivity contribution in [2.45, 2.75) is 32.4 Å². The SMILES string of the molecule is CCC[C@@H]1C(=O)N(Cc2ccccc2)[C@H]1c1ccccc1. The molecule has 0 aromatic heterocycles. The lowest BCUT2D eigenvalue weighted by Crippen LogP contribution is -2.54. The van der Waals surface area contributed by atoms with Crippen molar-refractivity contribution < 1.29 is 4.79 Å². The molecule has 0 bridgehead atoms. The molecule has 1 aliphatic rings. The smallest absolute Gasteiger partial charge is 0.228 e. The quantitative estimate of drug-likeness (QED) is 0.752. The van der Waals surface area contributed by atoms with Gasteiger partial charge in [0.15, 0.2) is 0 Å². The summed E-state index contributed by atoms with van der Waals surface area (Å²) in [6.07, 6.45) is 2.03. The molecule has 21 heavy (non-hydrogen) atoms. The fourth-order valence-electron chi connectivity index (χ4n) is 3.23. The van der Waals surface area contributed by atoms with Crippen LogP contribution in [0.3, 0.4) is 0 Å². The topological polar surface area (TPSA) is 20.3 Å². The van der Waals surface area contributed by atoms with Gasteiger partial charge in [-0.25, -0.2) is 0 Å². The fourth-order valence-corrected chi connectivity index (χ4v) is 3.23. The number of amides is 1. The Bertz CT molecular complexity index is 593. The maximum Gasteiger partial charge on any atom is 0.228 e. The Balaban J connectivity index is 1.83. The van der Waals surface area contributed by atoms with E-state index in [1.807, 2.05) is 29.2 Å². The molecule has 2 atom stereocenters. The minimum Gasteiger partial charge on any atom is -0.330 e. The minimum atomic E-state index is 0.154. The standard InChI is InChI=1S/C19H21NO/c1-2-9-17-18(16-12-7-4-8-13-16)20(19(17)21)14-15-10-5-3-6-11-15/h3-8,10-13,17-18H,2,9,14H2,1H3/t17-,18-/m0/s1. The second-order valence-corrected chi connectivity index (χ2v) is 5.70. The summed E-state index contributed by atoms with van der Waals surface area (Å²) in [4.78, 5) is 14.5. The highest BCUT2D eigenvalue weighted by Crippen LogP contribution is 2.43. The molecule has 2 aromatic rings. The molecule has 108 valence electrons. The third-order valence-corrected chi connectivity index (χ3v) is 4.25. The van der Waals surface area contributed by atoms with E-state index in [0.717, 1.165) is 12.8 Å². The van der Waals surface area contributed by atoms with Crippen molar-refractivity contribution in [1.82, 2.24) is 4.90 Å². The average molecular weight is 279 g/mol. The van der Waals surface area contributed by atoms with E-state index in [0.29, 0.717) is 12.5 Å². The monoisotopic (exact) mass is 279 g/mol. The Hall–Kier alpha value is -2.09. The predicted molar refractivity (Wildman–Crippen MR) is 84.6 cm³/mol. The lowest BCUT2D eigenvalue weighted by atomic mass is 9.79.